The second-order valence-corrected chi connectivity index (χ2v) is 6.94. The fourth-order valence-electron chi connectivity index (χ4n) is 1.71. The Morgan fingerprint density at radius 3 is 2.50 bits per heavy atom. The van der Waals surface area contributed by atoms with Crippen LogP contribution in [0.5, 0.6) is 0 Å². The molecule has 2 atom stereocenters. The zero-order valence-electron chi connectivity index (χ0n) is 7.62. The quantitative estimate of drug-likeness (QED) is 0.693. The maximum absolute atomic E-state index is 11.2. The van der Waals surface area contributed by atoms with Crippen LogP contribution in [0.4, 0.5) is 0 Å². The van der Waals surface area contributed by atoms with Crippen LogP contribution in [0.25, 0.3) is 0 Å². The normalized spacial score (nSPS) is 31.8. The molecule has 2 nitrogen and oxygen atoms in total. The molecule has 1 fully saturated rings. The fourth-order valence-corrected chi connectivity index (χ4v) is 3.83. The molecule has 0 bridgehead atoms. The lowest BCUT2D eigenvalue weighted by Gasteiger charge is -2.26. The van der Waals surface area contributed by atoms with Crippen LogP contribution in [-0.2, 0) is 9.84 Å². The van der Waals surface area contributed by atoms with Crippen LogP contribution in [0, 0.1) is 0 Å². The van der Waals surface area contributed by atoms with Crippen molar-refractivity contribution in [2.24, 2.45) is 0 Å². The Morgan fingerprint density at radius 2 is 2.00 bits per heavy atom. The van der Waals surface area contributed by atoms with Gasteiger partial charge in [0, 0.05) is 11.5 Å². The van der Waals surface area contributed by atoms with E-state index in [1.807, 2.05) is 0 Å². The fraction of sp³-hybridized carbons (Fsp3) is 1.00. The first-order valence-corrected chi connectivity index (χ1v) is 7.50. The summed E-state index contributed by atoms with van der Waals surface area (Å²) in [6.45, 7) is 0. The summed E-state index contributed by atoms with van der Waals surface area (Å²) >= 11 is 1.80. The van der Waals surface area contributed by atoms with Gasteiger partial charge in [-0.3, -0.25) is 0 Å². The van der Waals surface area contributed by atoms with Crippen molar-refractivity contribution in [1.29, 1.82) is 0 Å². The van der Waals surface area contributed by atoms with Gasteiger partial charge < -0.3 is 0 Å². The number of hydrogen-bond donors (Lipinski definition) is 0. The molecule has 0 radical (unpaired) electrons. The van der Waals surface area contributed by atoms with Gasteiger partial charge in [-0.1, -0.05) is 6.42 Å². The summed E-state index contributed by atoms with van der Waals surface area (Å²) in [5.41, 5.74) is 0. The van der Waals surface area contributed by atoms with Crippen LogP contribution in [0.15, 0.2) is 0 Å². The average molecular weight is 208 g/mol. The van der Waals surface area contributed by atoms with Gasteiger partial charge in [0.15, 0.2) is 0 Å². The van der Waals surface area contributed by atoms with Crippen molar-refractivity contribution in [3.63, 3.8) is 0 Å². The second-order valence-electron chi connectivity index (χ2n) is 3.48. The summed E-state index contributed by atoms with van der Waals surface area (Å²) in [6.07, 6.45) is 7.42. The molecule has 1 aliphatic carbocycles. The maximum atomic E-state index is 11.2. The van der Waals surface area contributed by atoms with Gasteiger partial charge in [0.1, 0.15) is 9.84 Å². The Labute approximate surface area is 79.0 Å². The SMILES string of the molecule is CSC1CCCC(S(C)(=O)=O)C1. The molecule has 12 heavy (non-hydrogen) atoms. The minimum Gasteiger partial charge on any atom is -0.229 e. The van der Waals surface area contributed by atoms with E-state index in [2.05, 4.69) is 6.26 Å². The van der Waals surface area contributed by atoms with Crippen molar-refractivity contribution >= 4 is 21.6 Å². The molecular weight excluding hydrogens is 192 g/mol. The van der Waals surface area contributed by atoms with E-state index in [-0.39, 0.29) is 5.25 Å². The van der Waals surface area contributed by atoms with E-state index in [4.69, 9.17) is 0 Å². The van der Waals surface area contributed by atoms with Crippen LogP contribution in [0.1, 0.15) is 25.7 Å². The van der Waals surface area contributed by atoms with Gasteiger partial charge in [0.2, 0.25) is 0 Å². The molecule has 0 spiro atoms. The molecule has 0 aliphatic heterocycles. The van der Waals surface area contributed by atoms with Crippen molar-refractivity contribution in [1.82, 2.24) is 0 Å². The highest BCUT2D eigenvalue weighted by Crippen LogP contribution is 2.30. The van der Waals surface area contributed by atoms with E-state index in [9.17, 15) is 8.42 Å². The molecule has 72 valence electrons. The second kappa shape index (κ2) is 4.01. The largest absolute Gasteiger partial charge is 0.229 e. The molecule has 2 unspecified atom stereocenters. The third-order valence-electron chi connectivity index (χ3n) is 2.52. The average Bonchev–Trinajstić information content (AvgIpc) is 2.03. The lowest BCUT2D eigenvalue weighted by Crippen LogP contribution is -2.28. The molecule has 0 saturated heterocycles. The topological polar surface area (TPSA) is 34.1 Å². The van der Waals surface area contributed by atoms with Gasteiger partial charge in [-0.05, 0) is 25.5 Å². The van der Waals surface area contributed by atoms with E-state index >= 15 is 0 Å². The molecular formula is C8H16O2S2. The highest BCUT2D eigenvalue weighted by molar-refractivity contribution is 7.99. The zero-order valence-corrected chi connectivity index (χ0v) is 9.25. The first-order chi connectivity index (χ1) is 5.54. The minimum absolute atomic E-state index is 0.0660. The van der Waals surface area contributed by atoms with Gasteiger partial charge in [-0.25, -0.2) is 8.42 Å². The first-order valence-electron chi connectivity index (χ1n) is 4.25. The summed E-state index contributed by atoms with van der Waals surface area (Å²) < 4.78 is 22.5. The molecule has 4 heteroatoms. The molecule has 0 N–H and O–H groups in total. The summed E-state index contributed by atoms with van der Waals surface area (Å²) in [6, 6.07) is 0. The van der Waals surface area contributed by atoms with Crippen molar-refractivity contribution in [2.75, 3.05) is 12.5 Å². The molecule has 1 aliphatic rings. The van der Waals surface area contributed by atoms with E-state index < -0.39 is 9.84 Å². The predicted octanol–water partition coefficient (Wildman–Crippen LogP) is 1.71. The highest BCUT2D eigenvalue weighted by Gasteiger charge is 2.27. The number of rotatable bonds is 2. The van der Waals surface area contributed by atoms with Crippen LogP contribution < -0.4 is 0 Å². The van der Waals surface area contributed by atoms with E-state index in [0.29, 0.717) is 5.25 Å². The van der Waals surface area contributed by atoms with Gasteiger partial charge in [0.25, 0.3) is 0 Å². The Morgan fingerprint density at radius 1 is 1.33 bits per heavy atom. The summed E-state index contributed by atoms with van der Waals surface area (Å²) in [7, 11) is -2.78. The lowest BCUT2D eigenvalue weighted by molar-refractivity contribution is 0.495. The standard InChI is InChI=1S/C8H16O2S2/c1-11-7-4-3-5-8(6-7)12(2,9)10/h7-8H,3-6H2,1-2H3. The number of sulfone groups is 1. The van der Waals surface area contributed by atoms with Crippen molar-refractivity contribution in [3.05, 3.63) is 0 Å². The first kappa shape index (κ1) is 10.4. The third kappa shape index (κ3) is 2.66. The van der Waals surface area contributed by atoms with Crippen LogP contribution in [0.2, 0.25) is 0 Å². The summed E-state index contributed by atoms with van der Waals surface area (Å²) in [4.78, 5) is 0. The molecule has 0 amide bonds. The zero-order chi connectivity index (χ0) is 9.19. The Kier molecular flexibility index (Phi) is 3.47. The molecule has 1 saturated carbocycles. The van der Waals surface area contributed by atoms with Gasteiger partial charge in [-0.15, -0.1) is 0 Å². The van der Waals surface area contributed by atoms with Crippen molar-refractivity contribution in [2.45, 2.75) is 36.2 Å². The molecule has 0 heterocycles. The van der Waals surface area contributed by atoms with Crippen molar-refractivity contribution < 1.29 is 8.42 Å². The van der Waals surface area contributed by atoms with Gasteiger partial charge >= 0.3 is 0 Å². The Bertz CT molecular complexity index is 233. The van der Waals surface area contributed by atoms with Crippen LogP contribution >= 0.6 is 11.8 Å². The number of thioether (sulfide) groups is 1. The Balaban J connectivity index is 2.58. The Hall–Kier alpha value is 0.300. The van der Waals surface area contributed by atoms with E-state index in [1.54, 1.807) is 11.8 Å². The van der Waals surface area contributed by atoms with E-state index in [1.165, 1.54) is 12.7 Å². The lowest BCUT2D eigenvalue weighted by atomic mass is 10.00. The number of hydrogen-bond acceptors (Lipinski definition) is 3. The van der Waals surface area contributed by atoms with Crippen LogP contribution in [-0.4, -0.2) is 31.4 Å². The third-order valence-corrected chi connectivity index (χ3v) is 5.25. The molecule has 0 aromatic heterocycles. The highest BCUT2D eigenvalue weighted by atomic mass is 32.2. The summed E-state index contributed by atoms with van der Waals surface area (Å²) in [5, 5.41) is 0.502. The van der Waals surface area contributed by atoms with Crippen LogP contribution in [0.3, 0.4) is 0 Å². The van der Waals surface area contributed by atoms with E-state index in [0.717, 1.165) is 19.3 Å². The molecule has 0 aromatic rings. The smallest absolute Gasteiger partial charge is 0.150 e. The minimum atomic E-state index is -2.78. The molecule has 0 aromatic carbocycles. The van der Waals surface area contributed by atoms with Crippen molar-refractivity contribution in [3.8, 4) is 0 Å². The summed E-state index contributed by atoms with van der Waals surface area (Å²) in [5.74, 6) is 0. The monoisotopic (exact) mass is 208 g/mol. The van der Waals surface area contributed by atoms with Gasteiger partial charge in [0.05, 0.1) is 5.25 Å². The predicted molar refractivity (Wildman–Crippen MR) is 54.4 cm³/mol. The molecule has 1 rings (SSSR count). The maximum Gasteiger partial charge on any atom is 0.150 e. The van der Waals surface area contributed by atoms with Gasteiger partial charge in [-0.2, -0.15) is 11.8 Å².